The molecule has 9 heteroatoms. The highest BCUT2D eigenvalue weighted by Gasteiger charge is 2.31. The Bertz CT molecular complexity index is 1120. The minimum atomic E-state index is -3.66. The third-order valence-electron chi connectivity index (χ3n) is 4.75. The normalized spacial score (nSPS) is 14.8. The van der Waals surface area contributed by atoms with E-state index in [1.54, 1.807) is 12.1 Å². The number of nitrogens with one attached hydrogen (secondary N) is 1. The third kappa shape index (κ3) is 3.92. The predicted octanol–water partition coefficient (Wildman–Crippen LogP) is 3.08. The second kappa shape index (κ2) is 7.76. The smallest absolute Gasteiger partial charge is 0.292 e. The van der Waals surface area contributed by atoms with Crippen LogP contribution in [-0.4, -0.2) is 41.9 Å². The number of anilines is 1. The quantitative estimate of drug-likeness (QED) is 0.690. The van der Waals surface area contributed by atoms with Gasteiger partial charge in [0.2, 0.25) is 10.0 Å². The fourth-order valence-corrected chi connectivity index (χ4v) is 4.92. The van der Waals surface area contributed by atoms with Gasteiger partial charge < -0.3 is 9.73 Å². The fourth-order valence-electron chi connectivity index (χ4n) is 3.24. The first-order valence-corrected chi connectivity index (χ1v) is 10.7. The first-order chi connectivity index (χ1) is 13.9. The number of hydrogen-bond acceptors (Lipinski definition) is 6. The van der Waals surface area contributed by atoms with Crippen molar-refractivity contribution in [3.8, 4) is 11.3 Å². The van der Waals surface area contributed by atoms with Gasteiger partial charge in [0, 0.05) is 24.7 Å². The Balaban J connectivity index is 1.51. The van der Waals surface area contributed by atoms with Crippen molar-refractivity contribution < 1.29 is 17.6 Å². The maximum atomic E-state index is 12.7. The van der Waals surface area contributed by atoms with E-state index in [0.29, 0.717) is 18.8 Å². The molecule has 2 aromatic heterocycles. The SMILES string of the molecule is Cc1oc(C(=O)Nc2ccc(-c3ccccc3)nn2)cc1S(=O)(=O)N1CCCC1. The molecule has 0 spiro atoms. The van der Waals surface area contributed by atoms with Crippen LogP contribution in [0.2, 0.25) is 0 Å². The number of sulfonamides is 1. The molecule has 3 heterocycles. The number of benzene rings is 1. The van der Waals surface area contributed by atoms with E-state index in [2.05, 4.69) is 15.5 Å². The second-order valence-corrected chi connectivity index (χ2v) is 8.67. The minimum absolute atomic E-state index is 0.0232. The van der Waals surface area contributed by atoms with Crippen molar-refractivity contribution in [2.24, 2.45) is 0 Å². The van der Waals surface area contributed by atoms with Crippen molar-refractivity contribution in [2.75, 3.05) is 18.4 Å². The molecule has 1 fully saturated rings. The molecular weight excluding hydrogens is 392 g/mol. The number of aromatic nitrogens is 2. The summed E-state index contributed by atoms with van der Waals surface area (Å²) in [5.41, 5.74) is 1.59. The Morgan fingerprint density at radius 1 is 1.07 bits per heavy atom. The molecule has 1 aliphatic heterocycles. The minimum Gasteiger partial charge on any atom is -0.455 e. The van der Waals surface area contributed by atoms with Crippen LogP contribution in [0.1, 0.15) is 29.2 Å². The van der Waals surface area contributed by atoms with Crippen LogP contribution in [0.15, 0.2) is 57.8 Å². The largest absolute Gasteiger partial charge is 0.455 e. The molecule has 1 N–H and O–H groups in total. The topological polar surface area (TPSA) is 105 Å². The molecule has 0 aliphatic carbocycles. The number of carbonyl (C=O) groups excluding carboxylic acids is 1. The van der Waals surface area contributed by atoms with Gasteiger partial charge in [-0.1, -0.05) is 30.3 Å². The summed E-state index contributed by atoms with van der Waals surface area (Å²) < 4.78 is 32.3. The average Bonchev–Trinajstić information content (AvgIpc) is 3.40. The maximum Gasteiger partial charge on any atom is 0.292 e. The van der Waals surface area contributed by atoms with E-state index in [1.807, 2.05) is 30.3 Å². The molecule has 0 radical (unpaired) electrons. The number of nitrogens with zero attached hydrogens (tertiary/aromatic N) is 3. The van der Waals surface area contributed by atoms with Crippen LogP contribution in [0.5, 0.6) is 0 Å². The van der Waals surface area contributed by atoms with Gasteiger partial charge in [-0.2, -0.15) is 4.31 Å². The van der Waals surface area contributed by atoms with Gasteiger partial charge in [-0.15, -0.1) is 10.2 Å². The van der Waals surface area contributed by atoms with Crippen LogP contribution >= 0.6 is 0 Å². The van der Waals surface area contributed by atoms with Crippen molar-refractivity contribution in [3.63, 3.8) is 0 Å². The molecule has 0 unspecified atom stereocenters. The molecule has 29 heavy (non-hydrogen) atoms. The number of aryl methyl sites for hydroxylation is 1. The van der Waals surface area contributed by atoms with Crippen molar-refractivity contribution in [3.05, 3.63) is 60.1 Å². The van der Waals surface area contributed by atoms with Gasteiger partial charge in [0.1, 0.15) is 10.7 Å². The molecule has 1 amide bonds. The highest BCUT2D eigenvalue weighted by Crippen LogP contribution is 2.26. The Morgan fingerprint density at radius 3 is 2.45 bits per heavy atom. The molecule has 150 valence electrons. The number of amides is 1. The van der Waals surface area contributed by atoms with E-state index in [1.165, 1.54) is 17.3 Å². The fraction of sp³-hybridized carbons (Fsp3) is 0.250. The Morgan fingerprint density at radius 2 is 1.79 bits per heavy atom. The number of rotatable bonds is 5. The Labute approximate surface area is 168 Å². The van der Waals surface area contributed by atoms with Crippen molar-refractivity contribution in [1.29, 1.82) is 0 Å². The molecule has 1 saturated heterocycles. The summed E-state index contributed by atoms with van der Waals surface area (Å²) in [6.07, 6.45) is 1.67. The van der Waals surface area contributed by atoms with Crippen molar-refractivity contribution >= 4 is 21.7 Å². The highest BCUT2D eigenvalue weighted by atomic mass is 32.2. The summed E-state index contributed by atoms with van der Waals surface area (Å²) in [5.74, 6) is -0.243. The summed E-state index contributed by atoms with van der Waals surface area (Å²) in [5, 5.41) is 10.7. The predicted molar refractivity (Wildman–Crippen MR) is 107 cm³/mol. The molecule has 0 atom stereocenters. The Kier molecular flexibility index (Phi) is 5.16. The lowest BCUT2D eigenvalue weighted by atomic mass is 10.1. The molecule has 0 saturated carbocycles. The first-order valence-electron chi connectivity index (χ1n) is 9.26. The summed E-state index contributed by atoms with van der Waals surface area (Å²) in [4.78, 5) is 12.5. The first kappa shape index (κ1) is 19.3. The number of carbonyl (C=O) groups is 1. The van der Waals surface area contributed by atoms with Gasteiger partial charge in [0.25, 0.3) is 5.91 Å². The van der Waals surface area contributed by atoms with Gasteiger partial charge in [-0.3, -0.25) is 4.79 Å². The van der Waals surface area contributed by atoms with Crippen LogP contribution in [0.25, 0.3) is 11.3 Å². The van der Waals surface area contributed by atoms with E-state index in [0.717, 1.165) is 18.4 Å². The monoisotopic (exact) mass is 412 g/mol. The second-order valence-electron chi connectivity index (χ2n) is 6.77. The van der Waals surface area contributed by atoms with Crippen molar-refractivity contribution in [1.82, 2.24) is 14.5 Å². The van der Waals surface area contributed by atoms with Crippen LogP contribution in [0.3, 0.4) is 0 Å². The summed E-state index contributed by atoms with van der Waals surface area (Å²) in [6.45, 7) is 2.50. The van der Waals surface area contributed by atoms with Crippen LogP contribution in [0.4, 0.5) is 5.82 Å². The van der Waals surface area contributed by atoms with E-state index < -0.39 is 15.9 Å². The maximum absolute atomic E-state index is 12.7. The molecule has 4 rings (SSSR count). The summed E-state index contributed by atoms with van der Waals surface area (Å²) in [6, 6.07) is 14.2. The van der Waals surface area contributed by atoms with Gasteiger partial charge in [0.05, 0.1) is 5.69 Å². The van der Waals surface area contributed by atoms with Gasteiger partial charge in [0.15, 0.2) is 11.6 Å². The lowest BCUT2D eigenvalue weighted by Gasteiger charge is -2.14. The zero-order valence-corrected chi connectivity index (χ0v) is 16.6. The van der Waals surface area contributed by atoms with Gasteiger partial charge >= 0.3 is 0 Å². The lowest BCUT2D eigenvalue weighted by Crippen LogP contribution is -2.28. The van der Waals surface area contributed by atoms with E-state index in [4.69, 9.17) is 4.42 Å². The number of furan rings is 1. The van der Waals surface area contributed by atoms with Crippen LogP contribution < -0.4 is 5.32 Å². The lowest BCUT2D eigenvalue weighted by molar-refractivity contribution is 0.0995. The standard InChI is InChI=1S/C20H20N4O4S/c1-14-18(29(26,27)24-11-5-6-12-24)13-17(28-14)20(25)21-19-10-9-16(22-23-19)15-7-3-2-4-8-15/h2-4,7-10,13H,5-6,11-12H2,1H3,(H,21,23,25). The van der Waals surface area contributed by atoms with Crippen LogP contribution in [-0.2, 0) is 10.0 Å². The molecular formula is C20H20N4O4S. The zero-order valence-electron chi connectivity index (χ0n) is 15.8. The Hall–Kier alpha value is -3.04. The van der Waals surface area contributed by atoms with Gasteiger partial charge in [-0.25, -0.2) is 8.42 Å². The molecule has 1 aromatic carbocycles. The van der Waals surface area contributed by atoms with E-state index in [-0.39, 0.29) is 22.2 Å². The molecule has 0 bridgehead atoms. The summed E-state index contributed by atoms with van der Waals surface area (Å²) >= 11 is 0. The third-order valence-corrected chi connectivity index (χ3v) is 6.76. The molecule has 3 aromatic rings. The van der Waals surface area contributed by atoms with E-state index >= 15 is 0 Å². The van der Waals surface area contributed by atoms with Gasteiger partial charge in [-0.05, 0) is 31.9 Å². The van der Waals surface area contributed by atoms with E-state index in [9.17, 15) is 13.2 Å². The summed E-state index contributed by atoms with van der Waals surface area (Å²) in [7, 11) is -3.66. The molecule has 1 aliphatic rings. The average molecular weight is 412 g/mol. The van der Waals surface area contributed by atoms with Crippen molar-refractivity contribution in [2.45, 2.75) is 24.7 Å². The zero-order chi connectivity index (χ0) is 20.4. The number of hydrogen-bond donors (Lipinski definition) is 1. The highest BCUT2D eigenvalue weighted by molar-refractivity contribution is 7.89. The van der Waals surface area contributed by atoms with Crippen LogP contribution in [0, 0.1) is 6.92 Å². The molecule has 8 nitrogen and oxygen atoms in total.